The van der Waals surface area contributed by atoms with Crippen molar-refractivity contribution in [2.75, 3.05) is 7.05 Å². The summed E-state index contributed by atoms with van der Waals surface area (Å²) in [4.78, 5) is 2.95. The van der Waals surface area contributed by atoms with E-state index >= 15 is 0 Å². The van der Waals surface area contributed by atoms with Crippen LogP contribution >= 0.6 is 22.7 Å². The maximum atomic E-state index is 3.43. The van der Waals surface area contributed by atoms with Crippen molar-refractivity contribution < 1.29 is 0 Å². The number of nitrogens with one attached hydrogen (secondary N) is 1. The highest BCUT2D eigenvalue weighted by molar-refractivity contribution is 7.10. The molecule has 2 heterocycles. The molecule has 16 heavy (non-hydrogen) atoms. The lowest BCUT2D eigenvalue weighted by Crippen LogP contribution is -2.18. The van der Waals surface area contributed by atoms with Gasteiger partial charge in [0.25, 0.3) is 0 Å². The SMILES string of the molecule is CCc1ccsc1C(Cc1cccs1)NC. The molecule has 1 unspecified atom stereocenters. The second-order valence-corrected chi connectivity index (χ2v) is 5.77. The molecule has 0 saturated carbocycles. The van der Waals surface area contributed by atoms with E-state index < -0.39 is 0 Å². The quantitative estimate of drug-likeness (QED) is 0.850. The van der Waals surface area contributed by atoms with Gasteiger partial charge in [-0.2, -0.15) is 0 Å². The first-order valence-corrected chi connectivity index (χ1v) is 7.37. The maximum Gasteiger partial charge on any atom is 0.0463 e. The summed E-state index contributed by atoms with van der Waals surface area (Å²) < 4.78 is 0. The predicted molar refractivity (Wildman–Crippen MR) is 73.5 cm³/mol. The Balaban J connectivity index is 2.16. The smallest absolute Gasteiger partial charge is 0.0463 e. The largest absolute Gasteiger partial charge is 0.312 e. The molecule has 1 atom stereocenters. The molecule has 0 bridgehead atoms. The van der Waals surface area contributed by atoms with Gasteiger partial charge >= 0.3 is 0 Å². The Morgan fingerprint density at radius 2 is 2.12 bits per heavy atom. The number of likely N-dealkylation sites (N-methyl/N-ethyl adjacent to an activating group) is 1. The Bertz CT molecular complexity index is 417. The third kappa shape index (κ3) is 2.54. The van der Waals surface area contributed by atoms with Gasteiger partial charge < -0.3 is 5.32 Å². The minimum atomic E-state index is 0.466. The second-order valence-electron chi connectivity index (χ2n) is 3.79. The summed E-state index contributed by atoms with van der Waals surface area (Å²) in [6, 6.07) is 7.06. The van der Waals surface area contributed by atoms with Gasteiger partial charge in [-0.25, -0.2) is 0 Å². The fraction of sp³-hybridized carbons (Fsp3) is 0.385. The van der Waals surface area contributed by atoms with Crippen LogP contribution in [0.2, 0.25) is 0 Å². The maximum absolute atomic E-state index is 3.43. The summed E-state index contributed by atoms with van der Waals surface area (Å²) in [5.74, 6) is 0. The second kappa shape index (κ2) is 5.62. The molecule has 3 heteroatoms. The molecule has 86 valence electrons. The average Bonchev–Trinajstić information content (AvgIpc) is 2.96. The molecule has 0 saturated heterocycles. The molecular weight excluding hydrogens is 234 g/mol. The average molecular weight is 251 g/mol. The van der Waals surface area contributed by atoms with Crippen LogP contribution < -0.4 is 5.32 Å². The number of hydrogen-bond donors (Lipinski definition) is 1. The van der Waals surface area contributed by atoms with Crippen molar-refractivity contribution in [3.05, 3.63) is 44.3 Å². The first-order chi connectivity index (χ1) is 7.85. The van der Waals surface area contributed by atoms with Gasteiger partial charge in [0.2, 0.25) is 0 Å². The highest BCUT2D eigenvalue weighted by Crippen LogP contribution is 2.28. The zero-order valence-corrected chi connectivity index (χ0v) is 11.3. The number of thiophene rings is 2. The van der Waals surface area contributed by atoms with E-state index in [1.165, 1.54) is 15.3 Å². The molecule has 0 aliphatic heterocycles. The first-order valence-electron chi connectivity index (χ1n) is 5.61. The standard InChI is InChI=1S/C13H17NS2/c1-3-10-6-8-16-13(10)12(14-2)9-11-5-4-7-15-11/h4-8,12,14H,3,9H2,1-2H3. The van der Waals surface area contributed by atoms with Crippen LogP contribution in [-0.4, -0.2) is 7.05 Å². The molecule has 0 aromatic carbocycles. The molecule has 2 rings (SSSR count). The van der Waals surface area contributed by atoms with E-state index in [0.29, 0.717) is 6.04 Å². The minimum Gasteiger partial charge on any atom is -0.312 e. The Hall–Kier alpha value is -0.640. The lowest BCUT2D eigenvalue weighted by molar-refractivity contribution is 0.602. The van der Waals surface area contributed by atoms with Crippen LogP contribution in [0.25, 0.3) is 0 Å². The summed E-state index contributed by atoms with van der Waals surface area (Å²) in [5, 5.41) is 7.79. The normalized spacial score (nSPS) is 12.9. The van der Waals surface area contributed by atoms with Gasteiger partial charge in [0.1, 0.15) is 0 Å². The molecule has 0 radical (unpaired) electrons. The van der Waals surface area contributed by atoms with Crippen molar-refractivity contribution in [2.45, 2.75) is 25.8 Å². The third-order valence-corrected chi connectivity index (χ3v) is 4.78. The van der Waals surface area contributed by atoms with Gasteiger partial charge in [-0.15, -0.1) is 22.7 Å². The molecular formula is C13H17NS2. The Morgan fingerprint density at radius 3 is 2.75 bits per heavy atom. The first kappa shape index (κ1) is 11.8. The highest BCUT2D eigenvalue weighted by atomic mass is 32.1. The molecule has 1 nitrogen and oxygen atoms in total. The molecule has 2 aromatic rings. The van der Waals surface area contributed by atoms with E-state index in [2.05, 4.69) is 48.2 Å². The van der Waals surface area contributed by atoms with Crippen LogP contribution in [0, 0.1) is 0 Å². The summed E-state index contributed by atoms with van der Waals surface area (Å²) in [7, 11) is 2.05. The van der Waals surface area contributed by atoms with E-state index in [1.807, 2.05) is 22.7 Å². The molecule has 1 N–H and O–H groups in total. The van der Waals surface area contributed by atoms with Crippen molar-refractivity contribution in [2.24, 2.45) is 0 Å². The van der Waals surface area contributed by atoms with Gasteiger partial charge in [0.15, 0.2) is 0 Å². The topological polar surface area (TPSA) is 12.0 Å². The van der Waals surface area contributed by atoms with Crippen LogP contribution in [0.1, 0.15) is 28.3 Å². The molecule has 2 aromatic heterocycles. The zero-order valence-electron chi connectivity index (χ0n) is 9.69. The van der Waals surface area contributed by atoms with E-state index in [9.17, 15) is 0 Å². The molecule has 0 amide bonds. The van der Waals surface area contributed by atoms with Crippen LogP contribution in [0.5, 0.6) is 0 Å². The summed E-state index contributed by atoms with van der Waals surface area (Å²) in [6.07, 6.45) is 2.23. The van der Waals surface area contributed by atoms with E-state index in [4.69, 9.17) is 0 Å². The number of aryl methyl sites for hydroxylation is 1. The van der Waals surface area contributed by atoms with Crippen molar-refractivity contribution >= 4 is 22.7 Å². The van der Waals surface area contributed by atoms with Crippen molar-refractivity contribution in [3.8, 4) is 0 Å². The van der Waals surface area contributed by atoms with Crippen molar-refractivity contribution in [3.63, 3.8) is 0 Å². The Labute approximate surface area is 105 Å². The Morgan fingerprint density at radius 1 is 1.25 bits per heavy atom. The number of hydrogen-bond acceptors (Lipinski definition) is 3. The van der Waals surface area contributed by atoms with E-state index in [-0.39, 0.29) is 0 Å². The molecule has 0 aliphatic rings. The lowest BCUT2D eigenvalue weighted by atomic mass is 10.1. The van der Waals surface area contributed by atoms with Gasteiger partial charge in [-0.3, -0.25) is 0 Å². The van der Waals surface area contributed by atoms with Crippen LogP contribution in [0.4, 0.5) is 0 Å². The van der Waals surface area contributed by atoms with Crippen molar-refractivity contribution in [1.82, 2.24) is 5.32 Å². The molecule has 0 spiro atoms. The third-order valence-electron chi connectivity index (χ3n) is 2.81. The van der Waals surface area contributed by atoms with Crippen LogP contribution in [-0.2, 0) is 12.8 Å². The fourth-order valence-corrected chi connectivity index (χ4v) is 3.76. The number of rotatable bonds is 5. The summed E-state index contributed by atoms with van der Waals surface area (Å²) >= 11 is 3.71. The lowest BCUT2D eigenvalue weighted by Gasteiger charge is -2.15. The monoisotopic (exact) mass is 251 g/mol. The van der Waals surface area contributed by atoms with Gasteiger partial charge in [-0.05, 0) is 41.9 Å². The minimum absolute atomic E-state index is 0.466. The van der Waals surface area contributed by atoms with Crippen LogP contribution in [0.15, 0.2) is 29.0 Å². The molecule has 0 fully saturated rings. The zero-order chi connectivity index (χ0) is 11.4. The Kier molecular flexibility index (Phi) is 4.16. The van der Waals surface area contributed by atoms with Crippen LogP contribution in [0.3, 0.4) is 0 Å². The van der Waals surface area contributed by atoms with Gasteiger partial charge in [-0.1, -0.05) is 13.0 Å². The predicted octanol–water partition coefficient (Wildman–Crippen LogP) is 3.88. The van der Waals surface area contributed by atoms with Crippen molar-refractivity contribution in [1.29, 1.82) is 0 Å². The van der Waals surface area contributed by atoms with E-state index in [1.54, 1.807) is 0 Å². The van der Waals surface area contributed by atoms with Gasteiger partial charge in [0, 0.05) is 22.2 Å². The summed E-state index contributed by atoms with van der Waals surface area (Å²) in [5.41, 5.74) is 1.49. The van der Waals surface area contributed by atoms with Gasteiger partial charge in [0.05, 0.1) is 0 Å². The van der Waals surface area contributed by atoms with E-state index in [0.717, 1.165) is 12.8 Å². The molecule has 0 aliphatic carbocycles. The highest BCUT2D eigenvalue weighted by Gasteiger charge is 2.15. The fourth-order valence-electron chi connectivity index (χ4n) is 1.90. The summed E-state index contributed by atoms with van der Waals surface area (Å²) in [6.45, 7) is 2.23.